The van der Waals surface area contributed by atoms with Crippen LogP contribution in [0.2, 0.25) is 0 Å². The first-order chi connectivity index (χ1) is 12.3. The van der Waals surface area contributed by atoms with Crippen molar-refractivity contribution >= 4 is 43.1 Å². The van der Waals surface area contributed by atoms with E-state index in [4.69, 9.17) is 0 Å². The SMILES string of the molecule is Cc1nc(NCCNS(=O)(=O)c2ccc(Br)s2)cc(-n2ccnc2C)n1. The molecule has 3 heterocycles. The smallest absolute Gasteiger partial charge is 0.250 e. The number of sulfonamides is 1. The second kappa shape index (κ2) is 7.82. The van der Waals surface area contributed by atoms with Crippen LogP contribution in [-0.2, 0) is 10.0 Å². The lowest BCUT2D eigenvalue weighted by Crippen LogP contribution is -2.28. The molecule has 3 rings (SSSR count). The highest BCUT2D eigenvalue weighted by Gasteiger charge is 2.15. The molecule has 138 valence electrons. The molecule has 0 fully saturated rings. The highest BCUT2D eigenvalue weighted by Crippen LogP contribution is 2.25. The van der Waals surface area contributed by atoms with E-state index in [2.05, 4.69) is 40.9 Å². The molecule has 0 bridgehead atoms. The van der Waals surface area contributed by atoms with Gasteiger partial charge in [0.1, 0.15) is 27.5 Å². The van der Waals surface area contributed by atoms with Gasteiger partial charge in [0.25, 0.3) is 0 Å². The van der Waals surface area contributed by atoms with Crippen LogP contribution in [0.5, 0.6) is 0 Å². The summed E-state index contributed by atoms with van der Waals surface area (Å²) >= 11 is 4.43. The molecule has 0 saturated heterocycles. The number of rotatable bonds is 7. The minimum atomic E-state index is -3.50. The van der Waals surface area contributed by atoms with Gasteiger partial charge in [-0.3, -0.25) is 4.57 Å². The van der Waals surface area contributed by atoms with Crippen molar-refractivity contribution in [2.45, 2.75) is 18.1 Å². The highest BCUT2D eigenvalue weighted by molar-refractivity contribution is 9.11. The third kappa shape index (κ3) is 4.47. The van der Waals surface area contributed by atoms with Crippen molar-refractivity contribution < 1.29 is 8.42 Å². The van der Waals surface area contributed by atoms with Gasteiger partial charge in [0.05, 0.1) is 3.79 Å². The third-order valence-corrected chi connectivity index (χ3v) is 7.01. The zero-order valence-corrected chi connectivity index (χ0v) is 17.3. The van der Waals surface area contributed by atoms with Crippen molar-refractivity contribution in [3.05, 3.63) is 46.0 Å². The average Bonchev–Trinajstić information content (AvgIpc) is 3.20. The fourth-order valence-electron chi connectivity index (χ4n) is 2.28. The van der Waals surface area contributed by atoms with E-state index >= 15 is 0 Å². The minimum Gasteiger partial charge on any atom is -0.369 e. The molecule has 0 radical (unpaired) electrons. The number of nitrogens with one attached hydrogen (secondary N) is 2. The van der Waals surface area contributed by atoms with Gasteiger partial charge in [-0.1, -0.05) is 0 Å². The maximum Gasteiger partial charge on any atom is 0.250 e. The molecule has 0 aromatic carbocycles. The van der Waals surface area contributed by atoms with E-state index in [1.807, 2.05) is 17.7 Å². The van der Waals surface area contributed by atoms with Crippen LogP contribution in [0.3, 0.4) is 0 Å². The summed E-state index contributed by atoms with van der Waals surface area (Å²) in [4.78, 5) is 12.9. The molecule has 0 unspecified atom stereocenters. The van der Waals surface area contributed by atoms with Crippen LogP contribution in [-0.4, -0.2) is 41.0 Å². The molecular weight excluding hydrogens is 440 g/mol. The summed E-state index contributed by atoms with van der Waals surface area (Å²) in [7, 11) is -3.50. The van der Waals surface area contributed by atoms with Gasteiger partial charge >= 0.3 is 0 Å². The quantitative estimate of drug-likeness (QED) is 0.529. The lowest BCUT2D eigenvalue weighted by atomic mass is 10.4. The number of hydrogen-bond acceptors (Lipinski definition) is 7. The largest absolute Gasteiger partial charge is 0.369 e. The molecule has 0 saturated carbocycles. The van der Waals surface area contributed by atoms with Crippen molar-refractivity contribution in [3.63, 3.8) is 0 Å². The molecule has 8 nitrogen and oxygen atoms in total. The van der Waals surface area contributed by atoms with Gasteiger partial charge in [-0.05, 0) is 41.9 Å². The summed E-state index contributed by atoms with van der Waals surface area (Å²) in [6.45, 7) is 4.32. The molecule has 2 N–H and O–H groups in total. The summed E-state index contributed by atoms with van der Waals surface area (Å²) in [5.41, 5.74) is 0. The summed E-state index contributed by atoms with van der Waals surface area (Å²) in [6, 6.07) is 5.07. The van der Waals surface area contributed by atoms with Crippen LogP contribution >= 0.6 is 27.3 Å². The first kappa shape index (κ1) is 19.0. The van der Waals surface area contributed by atoms with Crippen molar-refractivity contribution in [2.24, 2.45) is 0 Å². The summed E-state index contributed by atoms with van der Waals surface area (Å²) in [6.07, 6.45) is 3.53. The van der Waals surface area contributed by atoms with Gasteiger partial charge in [0, 0.05) is 31.5 Å². The topological polar surface area (TPSA) is 102 Å². The number of nitrogens with zero attached hydrogens (tertiary/aromatic N) is 4. The Hall–Kier alpha value is -1.82. The molecule has 26 heavy (non-hydrogen) atoms. The van der Waals surface area contributed by atoms with Crippen LogP contribution in [0, 0.1) is 13.8 Å². The van der Waals surface area contributed by atoms with Crippen molar-refractivity contribution in [2.75, 3.05) is 18.4 Å². The Bertz CT molecular complexity index is 1010. The maximum absolute atomic E-state index is 12.2. The minimum absolute atomic E-state index is 0.236. The first-order valence-corrected chi connectivity index (χ1v) is 10.8. The predicted octanol–water partition coefficient (Wildman–Crippen LogP) is 2.49. The summed E-state index contributed by atoms with van der Waals surface area (Å²) in [5.74, 6) is 2.77. The lowest BCUT2D eigenvalue weighted by Gasteiger charge is -2.10. The van der Waals surface area contributed by atoms with Crippen LogP contribution in [0.4, 0.5) is 5.82 Å². The lowest BCUT2D eigenvalue weighted by molar-refractivity contribution is 0.585. The number of imidazole rings is 1. The molecule has 0 atom stereocenters. The van der Waals surface area contributed by atoms with Crippen LogP contribution in [0.15, 0.2) is 38.6 Å². The number of thiophene rings is 1. The zero-order valence-electron chi connectivity index (χ0n) is 14.1. The second-order valence-electron chi connectivity index (χ2n) is 5.39. The van der Waals surface area contributed by atoms with Crippen molar-refractivity contribution in [1.29, 1.82) is 0 Å². The Morgan fingerprint density at radius 2 is 2.04 bits per heavy atom. The van der Waals surface area contributed by atoms with Gasteiger partial charge < -0.3 is 5.32 Å². The fourth-order valence-corrected chi connectivity index (χ4v) is 5.36. The molecule has 0 amide bonds. The number of hydrogen-bond donors (Lipinski definition) is 2. The Balaban J connectivity index is 1.62. The van der Waals surface area contributed by atoms with E-state index in [1.165, 1.54) is 11.3 Å². The van der Waals surface area contributed by atoms with Gasteiger partial charge in [-0.25, -0.2) is 28.1 Å². The van der Waals surface area contributed by atoms with E-state index in [-0.39, 0.29) is 10.8 Å². The monoisotopic (exact) mass is 456 g/mol. The van der Waals surface area contributed by atoms with Gasteiger partial charge in [-0.15, -0.1) is 11.3 Å². The normalized spacial score (nSPS) is 11.7. The van der Waals surface area contributed by atoms with Gasteiger partial charge in [0.15, 0.2) is 0 Å². The Kier molecular flexibility index (Phi) is 5.70. The standard InChI is InChI=1S/C15H17BrN6O2S2/c1-10-20-13(9-14(21-10)22-8-7-17-11(22)2)18-5-6-19-26(23,24)15-4-3-12(16)25-15/h3-4,7-9,19H,5-6H2,1-2H3,(H,18,20,21). The second-order valence-corrected chi connectivity index (χ2v) is 9.84. The molecule has 3 aromatic rings. The maximum atomic E-state index is 12.2. The fraction of sp³-hybridized carbons (Fsp3) is 0.267. The molecule has 3 aromatic heterocycles. The van der Waals surface area contributed by atoms with Crippen LogP contribution in [0.25, 0.3) is 5.82 Å². The van der Waals surface area contributed by atoms with Crippen molar-refractivity contribution in [1.82, 2.24) is 24.2 Å². The summed E-state index contributed by atoms with van der Waals surface area (Å²) < 4.78 is 29.8. The molecule has 0 aliphatic rings. The Labute approximate surface area is 163 Å². The Morgan fingerprint density at radius 1 is 1.23 bits per heavy atom. The number of halogens is 1. The van der Waals surface area contributed by atoms with E-state index in [1.54, 1.807) is 31.3 Å². The number of anilines is 1. The highest BCUT2D eigenvalue weighted by atomic mass is 79.9. The number of aryl methyl sites for hydroxylation is 2. The molecule has 0 aliphatic heterocycles. The zero-order chi connectivity index (χ0) is 18.7. The summed E-state index contributed by atoms with van der Waals surface area (Å²) in [5, 5.41) is 3.12. The molecule has 0 spiro atoms. The van der Waals surface area contributed by atoms with E-state index in [0.717, 1.165) is 9.61 Å². The first-order valence-electron chi connectivity index (χ1n) is 7.70. The molecule has 0 aliphatic carbocycles. The number of aromatic nitrogens is 4. The van der Waals surface area contributed by atoms with E-state index < -0.39 is 10.0 Å². The third-order valence-electron chi connectivity index (χ3n) is 3.43. The van der Waals surface area contributed by atoms with E-state index in [0.29, 0.717) is 24.0 Å². The average molecular weight is 457 g/mol. The predicted molar refractivity (Wildman–Crippen MR) is 104 cm³/mol. The molecular formula is C15H17BrN6O2S2. The van der Waals surface area contributed by atoms with Gasteiger partial charge in [0.2, 0.25) is 10.0 Å². The molecule has 11 heteroatoms. The van der Waals surface area contributed by atoms with E-state index in [9.17, 15) is 8.42 Å². The van der Waals surface area contributed by atoms with Gasteiger partial charge in [-0.2, -0.15) is 0 Å². The van der Waals surface area contributed by atoms with Crippen LogP contribution < -0.4 is 10.0 Å². The van der Waals surface area contributed by atoms with Crippen molar-refractivity contribution in [3.8, 4) is 5.82 Å². The van der Waals surface area contributed by atoms with Crippen LogP contribution in [0.1, 0.15) is 11.6 Å². The Morgan fingerprint density at radius 3 is 2.69 bits per heavy atom.